The molecule has 0 fully saturated rings. The van der Waals surface area contributed by atoms with E-state index in [-0.39, 0.29) is 17.7 Å². The van der Waals surface area contributed by atoms with Gasteiger partial charge in [0.1, 0.15) is 18.4 Å². The van der Waals surface area contributed by atoms with Crippen molar-refractivity contribution in [2.24, 2.45) is 5.92 Å². The van der Waals surface area contributed by atoms with E-state index in [1.54, 1.807) is 24.3 Å². The van der Waals surface area contributed by atoms with Crippen LogP contribution in [0.3, 0.4) is 0 Å². The van der Waals surface area contributed by atoms with Crippen LogP contribution in [0.25, 0.3) is 0 Å². The topological polar surface area (TPSA) is 67.4 Å². The quantitative estimate of drug-likeness (QED) is 0.545. The fourth-order valence-corrected chi connectivity index (χ4v) is 3.09. The number of ether oxygens (including phenoxy) is 1. The highest BCUT2D eigenvalue weighted by atomic mass is 16.5. The predicted octanol–water partition coefficient (Wildman–Crippen LogP) is 4.34. The van der Waals surface area contributed by atoms with E-state index in [1.165, 1.54) is 0 Å². The fourth-order valence-electron chi connectivity index (χ4n) is 3.09. The lowest BCUT2D eigenvalue weighted by molar-refractivity contribution is -0.124. The first-order valence-corrected chi connectivity index (χ1v) is 10.4. The molecule has 0 saturated carbocycles. The molecule has 0 heterocycles. The predicted molar refractivity (Wildman–Crippen MR) is 122 cm³/mol. The van der Waals surface area contributed by atoms with Crippen LogP contribution < -0.4 is 15.4 Å². The molecule has 3 aromatic carbocycles. The SMILES string of the molecule is CC(C)C(NC(=O)c1ccccc1)C(=O)NCc1ccc(OCc2ccccc2)cc1. The van der Waals surface area contributed by atoms with Crippen LogP contribution in [-0.4, -0.2) is 17.9 Å². The summed E-state index contributed by atoms with van der Waals surface area (Å²) >= 11 is 0. The summed E-state index contributed by atoms with van der Waals surface area (Å²) in [7, 11) is 0. The number of amides is 2. The molecule has 31 heavy (non-hydrogen) atoms. The molecule has 3 aromatic rings. The van der Waals surface area contributed by atoms with E-state index in [1.807, 2.05) is 74.5 Å². The van der Waals surface area contributed by atoms with Crippen LogP contribution in [0.2, 0.25) is 0 Å². The maximum atomic E-state index is 12.7. The van der Waals surface area contributed by atoms with E-state index < -0.39 is 6.04 Å². The van der Waals surface area contributed by atoms with Gasteiger partial charge in [0.2, 0.25) is 5.91 Å². The number of hydrogen-bond acceptors (Lipinski definition) is 3. The summed E-state index contributed by atoms with van der Waals surface area (Å²) in [4.78, 5) is 25.1. The lowest BCUT2D eigenvalue weighted by Crippen LogP contribution is -2.49. The van der Waals surface area contributed by atoms with Crippen molar-refractivity contribution < 1.29 is 14.3 Å². The standard InChI is InChI=1S/C26H28N2O3/c1-19(2)24(28-25(29)22-11-7-4-8-12-22)26(30)27-17-20-13-15-23(16-14-20)31-18-21-9-5-3-6-10-21/h3-16,19,24H,17-18H2,1-2H3,(H,27,30)(H,28,29). The molecule has 0 aliphatic rings. The fraction of sp³-hybridized carbons (Fsp3) is 0.231. The van der Waals surface area contributed by atoms with Crippen LogP contribution in [0.5, 0.6) is 5.75 Å². The molecule has 0 aromatic heterocycles. The van der Waals surface area contributed by atoms with Gasteiger partial charge in [0, 0.05) is 12.1 Å². The molecule has 5 heteroatoms. The van der Waals surface area contributed by atoms with Crippen LogP contribution in [-0.2, 0) is 17.9 Å². The number of benzene rings is 3. The van der Waals surface area contributed by atoms with Gasteiger partial charge in [-0.05, 0) is 41.3 Å². The van der Waals surface area contributed by atoms with Crippen molar-refractivity contribution in [2.45, 2.75) is 33.0 Å². The first kappa shape index (κ1) is 22.1. The maximum absolute atomic E-state index is 12.7. The molecule has 5 nitrogen and oxygen atoms in total. The van der Waals surface area contributed by atoms with Crippen molar-refractivity contribution in [2.75, 3.05) is 0 Å². The van der Waals surface area contributed by atoms with E-state index in [9.17, 15) is 9.59 Å². The molecule has 0 radical (unpaired) electrons. The monoisotopic (exact) mass is 416 g/mol. The van der Waals surface area contributed by atoms with Gasteiger partial charge in [0.25, 0.3) is 5.91 Å². The van der Waals surface area contributed by atoms with Gasteiger partial charge in [0.05, 0.1) is 0 Å². The highest BCUT2D eigenvalue weighted by Crippen LogP contribution is 2.14. The van der Waals surface area contributed by atoms with E-state index in [0.717, 1.165) is 16.9 Å². The zero-order chi connectivity index (χ0) is 22.1. The Kier molecular flexibility index (Phi) is 7.82. The number of hydrogen-bond donors (Lipinski definition) is 2. The molecule has 1 atom stereocenters. The van der Waals surface area contributed by atoms with Gasteiger partial charge < -0.3 is 15.4 Å². The third kappa shape index (κ3) is 6.71. The van der Waals surface area contributed by atoms with Crippen molar-refractivity contribution in [1.82, 2.24) is 10.6 Å². The zero-order valence-corrected chi connectivity index (χ0v) is 17.9. The van der Waals surface area contributed by atoms with Crippen molar-refractivity contribution in [3.05, 3.63) is 102 Å². The third-order valence-corrected chi connectivity index (χ3v) is 4.91. The number of rotatable bonds is 9. The zero-order valence-electron chi connectivity index (χ0n) is 17.9. The third-order valence-electron chi connectivity index (χ3n) is 4.91. The molecular weight excluding hydrogens is 388 g/mol. The second-order valence-corrected chi connectivity index (χ2v) is 7.70. The lowest BCUT2D eigenvalue weighted by atomic mass is 10.0. The van der Waals surface area contributed by atoms with E-state index in [0.29, 0.717) is 18.7 Å². The molecule has 0 spiro atoms. The molecule has 0 aliphatic heterocycles. The summed E-state index contributed by atoms with van der Waals surface area (Å²) in [5, 5.41) is 5.76. The number of carbonyl (C=O) groups excluding carboxylic acids is 2. The molecule has 2 N–H and O–H groups in total. The average molecular weight is 417 g/mol. The Labute approximate surface area is 183 Å². The van der Waals surface area contributed by atoms with Gasteiger partial charge in [-0.25, -0.2) is 0 Å². The van der Waals surface area contributed by atoms with E-state index in [2.05, 4.69) is 10.6 Å². The van der Waals surface area contributed by atoms with Crippen molar-refractivity contribution in [3.8, 4) is 5.75 Å². The highest BCUT2D eigenvalue weighted by Gasteiger charge is 2.24. The smallest absolute Gasteiger partial charge is 0.251 e. The molecule has 0 saturated heterocycles. The normalized spacial score (nSPS) is 11.6. The molecule has 2 amide bonds. The number of nitrogens with one attached hydrogen (secondary N) is 2. The van der Waals surface area contributed by atoms with Crippen LogP contribution in [0.4, 0.5) is 0 Å². The van der Waals surface area contributed by atoms with Crippen LogP contribution in [0.1, 0.15) is 35.3 Å². The minimum Gasteiger partial charge on any atom is -0.489 e. The summed E-state index contributed by atoms with van der Waals surface area (Å²) < 4.78 is 5.79. The Morgan fingerprint density at radius 3 is 2.03 bits per heavy atom. The summed E-state index contributed by atoms with van der Waals surface area (Å²) in [6.45, 7) is 4.71. The number of carbonyl (C=O) groups is 2. The van der Waals surface area contributed by atoms with Crippen LogP contribution >= 0.6 is 0 Å². The van der Waals surface area contributed by atoms with Gasteiger partial charge >= 0.3 is 0 Å². The average Bonchev–Trinajstić information content (AvgIpc) is 2.81. The minimum atomic E-state index is -0.610. The molecule has 3 rings (SSSR count). The second-order valence-electron chi connectivity index (χ2n) is 7.70. The van der Waals surface area contributed by atoms with Gasteiger partial charge in [-0.15, -0.1) is 0 Å². The summed E-state index contributed by atoms with van der Waals surface area (Å²) in [5.41, 5.74) is 2.60. The Morgan fingerprint density at radius 2 is 1.42 bits per heavy atom. The molecule has 160 valence electrons. The lowest BCUT2D eigenvalue weighted by Gasteiger charge is -2.22. The van der Waals surface area contributed by atoms with Gasteiger partial charge in [-0.2, -0.15) is 0 Å². The Bertz CT molecular complexity index is 971. The first-order chi connectivity index (χ1) is 15.0. The molecular formula is C26H28N2O3. The minimum absolute atomic E-state index is 0.0403. The van der Waals surface area contributed by atoms with Crippen molar-refractivity contribution in [3.63, 3.8) is 0 Å². The second kappa shape index (κ2) is 11.0. The van der Waals surface area contributed by atoms with Gasteiger partial charge in [-0.1, -0.05) is 74.5 Å². The van der Waals surface area contributed by atoms with Crippen LogP contribution in [0, 0.1) is 5.92 Å². The van der Waals surface area contributed by atoms with Crippen LogP contribution in [0.15, 0.2) is 84.9 Å². The van der Waals surface area contributed by atoms with Crippen molar-refractivity contribution >= 4 is 11.8 Å². The van der Waals surface area contributed by atoms with E-state index in [4.69, 9.17) is 4.74 Å². The molecule has 0 aliphatic carbocycles. The summed E-state index contributed by atoms with van der Waals surface area (Å²) in [6, 6.07) is 25.9. The summed E-state index contributed by atoms with van der Waals surface area (Å²) in [6.07, 6.45) is 0. The Hall–Kier alpha value is -3.60. The van der Waals surface area contributed by atoms with Crippen molar-refractivity contribution in [1.29, 1.82) is 0 Å². The Morgan fingerprint density at radius 1 is 0.806 bits per heavy atom. The first-order valence-electron chi connectivity index (χ1n) is 10.4. The summed E-state index contributed by atoms with van der Waals surface area (Å²) in [5.74, 6) is 0.272. The molecule has 1 unspecified atom stereocenters. The van der Waals surface area contributed by atoms with E-state index >= 15 is 0 Å². The van der Waals surface area contributed by atoms with Gasteiger partial charge in [0.15, 0.2) is 0 Å². The highest BCUT2D eigenvalue weighted by molar-refractivity contribution is 5.97. The maximum Gasteiger partial charge on any atom is 0.251 e. The largest absolute Gasteiger partial charge is 0.489 e. The Balaban J connectivity index is 1.51. The van der Waals surface area contributed by atoms with Gasteiger partial charge in [-0.3, -0.25) is 9.59 Å². The molecule has 0 bridgehead atoms.